The van der Waals surface area contributed by atoms with Crippen LogP contribution in [0.1, 0.15) is 61.0 Å². The Kier molecular flexibility index (Phi) is 4.96. The summed E-state index contributed by atoms with van der Waals surface area (Å²) in [5, 5.41) is 4.28. The largest absolute Gasteiger partial charge is 0.392 e. The van der Waals surface area contributed by atoms with Gasteiger partial charge in [0.15, 0.2) is 5.78 Å². The highest BCUT2D eigenvalue weighted by Gasteiger charge is 2.28. The Morgan fingerprint density at radius 2 is 2.14 bits per heavy atom. The molecule has 0 N–H and O–H groups in total. The molecule has 114 valence electrons. The lowest BCUT2D eigenvalue weighted by molar-refractivity contribution is 0.0719. The molecule has 1 aromatic heterocycles. The number of ketones is 1. The number of carbonyl (C=O) groups is 1. The number of oxime groups is 1. The second-order valence-corrected chi connectivity index (χ2v) is 7.63. The van der Waals surface area contributed by atoms with E-state index in [1.807, 2.05) is 0 Å². The molecule has 1 saturated carbocycles. The summed E-state index contributed by atoms with van der Waals surface area (Å²) in [6, 6.07) is 3.57. The first-order valence-electron chi connectivity index (χ1n) is 7.73. The number of Topliss-reactive ketones (excluding diaryl/α,β-unsaturated/α-hetero) is 1. The van der Waals surface area contributed by atoms with Crippen LogP contribution in [0.5, 0.6) is 0 Å². The summed E-state index contributed by atoms with van der Waals surface area (Å²) in [7, 11) is 0. The van der Waals surface area contributed by atoms with Gasteiger partial charge >= 0.3 is 0 Å². The Bertz CT molecular complexity index is 534. The second-order valence-electron chi connectivity index (χ2n) is 5.91. The van der Waals surface area contributed by atoms with Crippen molar-refractivity contribution in [3.05, 3.63) is 21.3 Å². The Morgan fingerprint density at radius 3 is 2.86 bits per heavy atom. The smallest absolute Gasteiger partial charge is 0.172 e. The van der Waals surface area contributed by atoms with Gasteiger partial charge in [-0.25, -0.2) is 0 Å². The molecule has 0 amide bonds. The van der Waals surface area contributed by atoms with Crippen molar-refractivity contribution in [2.75, 3.05) is 0 Å². The molecule has 2 heterocycles. The molecule has 1 atom stereocenters. The molecule has 1 aliphatic heterocycles. The lowest BCUT2D eigenvalue weighted by Gasteiger charge is -2.20. The summed E-state index contributed by atoms with van der Waals surface area (Å²) in [4.78, 5) is 18.3. The van der Waals surface area contributed by atoms with E-state index in [1.54, 1.807) is 12.1 Å². The fourth-order valence-corrected chi connectivity index (χ4v) is 4.17. The number of halogens is 1. The van der Waals surface area contributed by atoms with E-state index in [0.717, 1.165) is 17.7 Å². The van der Waals surface area contributed by atoms with Crippen LogP contribution >= 0.6 is 22.9 Å². The Hall–Kier alpha value is -0.870. The van der Waals surface area contributed by atoms with Gasteiger partial charge in [-0.2, -0.15) is 0 Å². The van der Waals surface area contributed by atoms with Crippen molar-refractivity contribution in [2.45, 2.75) is 57.5 Å². The fraction of sp³-hybridized carbons (Fsp3) is 0.625. The Labute approximate surface area is 134 Å². The molecule has 1 fully saturated rings. The standard InChI is InChI=1S/C16H20ClNO2S/c17-16-9-8-15(21-16)14(19)7-6-12-10-13(18-20-12)11-4-2-1-3-5-11/h8-9,11-12H,1-7,10H2. The normalized spacial score (nSPS) is 22.9. The Morgan fingerprint density at radius 1 is 1.33 bits per heavy atom. The maximum atomic E-state index is 12.1. The van der Waals surface area contributed by atoms with Gasteiger partial charge in [0.25, 0.3) is 0 Å². The first-order valence-corrected chi connectivity index (χ1v) is 8.93. The summed E-state index contributed by atoms with van der Waals surface area (Å²) < 4.78 is 0.665. The number of hydrogen-bond acceptors (Lipinski definition) is 4. The molecule has 21 heavy (non-hydrogen) atoms. The maximum Gasteiger partial charge on any atom is 0.172 e. The van der Waals surface area contributed by atoms with Crippen molar-refractivity contribution in [3.63, 3.8) is 0 Å². The second kappa shape index (κ2) is 6.93. The average Bonchev–Trinajstić information content (AvgIpc) is 3.15. The summed E-state index contributed by atoms with van der Waals surface area (Å²) in [6.45, 7) is 0. The molecule has 0 radical (unpaired) electrons. The number of rotatable bonds is 5. The van der Waals surface area contributed by atoms with Crippen LogP contribution < -0.4 is 0 Å². The third-order valence-corrected chi connectivity index (χ3v) is 5.65. The van der Waals surface area contributed by atoms with E-state index in [0.29, 0.717) is 16.7 Å². The van der Waals surface area contributed by atoms with Crippen molar-refractivity contribution >= 4 is 34.4 Å². The quantitative estimate of drug-likeness (QED) is 0.707. The van der Waals surface area contributed by atoms with E-state index in [1.165, 1.54) is 49.2 Å². The molecule has 3 nitrogen and oxygen atoms in total. The molecule has 5 heteroatoms. The van der Waals surface area contributed by atoms with Gasteiger partial charge in [-0.1, -0.05) is 36.0 Å². The summed E-state index contributed by atoms with van der Waals surface area (Å²) in [5.74, 6) is 0.775. The van der Waals surface area contributed by atoms with Gasteiger partial charge in [-0.3, -0.25) is 4.79 Å². The van der Waals surface area contributed by atoms with Crippen LogP contribution in [0.2, 0.25) is 4.34 Å². The zero-order valence-electron chi connectivity index (χ0n) is 12.0. The van der Waals surface area contributed by atoms with E-state index in [4.69, 9.17) is 16.4 Å². The van der Waals surface area contributed by atoms with Crippen LogP contribution in [0.4, 0.5) is 0 Å². The van der Waals surface area contributed by atoms with Crippen molar-refractivity contribution in [1.82, 2.24) is 0 Å². The molecule has 1 aromatic rings. The van der Waals surface area contributed by atoms with Gasteiger partial charge in [0, 0.05) is 18.8 Å². The third kappa shape index (κ3) is 3.86. The predicted molar refractivity (Wildman–Crippen MR) is 86.4 cm³/mol. The van der Waals surface area contributed by atoms with Crippen LogP contribution in [-0.2, 0) is 4.84 Å². The molecule has 1 unspecified atom stereocenters. The van der Waals surface area contributed by atoms with E-state index >= 15 is 0 Å². The highest BCUT2D eigenvalue weighted by molar-refractivity contribution is 7.18. The molecule has 0 bridgehead atoms. The first kappa shape index (κ1) is 15.0. The average molecular weight is 326 g/mol. The SMILES string of the molecule is O=C(CCC1CC(C2CCCCC2)=NO1)c1ccc(Cl)s1. The lowest BCUT2D eigenvalue weighted by Crippen LogP contribution is -2.18. The molecule has 3 rings (SSSR count). The molecular formula is C16H20ClNO2S. The van der Waals surface area contributed by atoms with E-state index in [-0.39, 0.29) is 11.9 Å². The van der Waals surface area contributed by atoms with Crippen molar-refractivity contribution in [1.29, 1.82) is 0 Å². The van der Waals surface area contributed by atoms with Gasteiger partial charge in [-0.05, 0) is 31.4 Å². The van der Waals surface area contributed by atoms with Gasteiger partial charge < -0.3 is 4.84 Å². The molecule has 0 spiro atoms. The zero-order chi connectivity index (χ0) is 14.7. The van der Waals surface area contributed by atoms with Crippen LogP contribution in [0, 0.1) is 5.92 Å². The fourth-order valence-electron chi connectivity index (χ4n) is 3.16. The third-order valence-electron chi connectivity index (χ3n) is 4.37. The highest BCUT2D eigenvalue weighted by Crippen LogP contribution is 2.30. The van der Waals surface area contributed by atoms with Crippen molar-refractivity contribution in [3.8, 4) is 0 Å². The van der Waals surface area contributed by atoms with Crippen LogP contribution in [0.15, 0.2) is 17.3 Å². The summed E-state index contributed by atoms with van der Waals surface area (Å²) in [5.41, 5.74) is 1.23. The first-order chi connectivity index (χ1) is 10.2. The van der Waals surface area contributed by atoms with Gasteiger partial charge in [0.2, 0.25) is 0 Å². The number of nitrogens with zero attached hydrogens (tertiary/aromatic N) is 1. The monoisotopic (exact) mass is 325 g/mol. The number of thiophene rings is 1. The lowest BCUT2D eigenvalue weighted by atomic mass is 9.84. The topological polar surface area (TPSA) is 38.7 Å². The molecule has 0 saturated heterocycles. The van der Waals surface area contributed by atoms with E-state index in [2.05, 4.69) is 5.16 Å². The molecule has 2 aliphatic rings. The van der Waals surface area contributed by atoms with Crippen molar-refractivity contribution in [2.24, 2.45) is 11.1 Å². The predicted octanol–water partition coefficient (Wildman–Crippen LogP) is 5.09. The Balaban J connectivity index is 1.44. The van der Waals surface area contributed by atoms with Crippen LogP contribution in [-0.4, -0.2) is 17.6 Å². The van der Waals surface area contributed by atoms with Crippen LogP contribution in [0.3, 0.4) is 0 Å². The maximum absolute atomic E-state index is 12.1. The minimum absolute atomic E-state index is 0.0845. The van der Waals surface area contributed by atoms with Crippen molar-refractivity contribution < 1.29 is 9.63 Å². The van der Waals surface area contributed by atoms with Gasteiger partial charge in [0.05, 0.1) is 14.9 Å². The zero-order valence-corrected chi connectivity index (χ0v) is 13.6. The highest BCUT2D eigenvalue weighted by atomic mass is 35.5. The molecular weight excluding hydrogens is 306 g/mol. The van der Waals surface area contributed by atoms with Gasteiger partial charge in [-0.15, -0.1) is 11.3 Å². The van der Waals surface area contributed by atoms with E-state index < -0.39 is 0 Å². The van der Waals surface area contributed by atoms with E-state index in [9.17, 15) is 4.79 Å². The van der Waals surface area contributed by atoms with Crippen LogP contribution in [0.25, 0.3) is 0 Å². The summed E-state index contributed by atoms with van der Waals surface area (Å²) in [6.07, 6.45) is 8.72. The molecule has 1 aliphatic carbocycles. The summed E-state index contributed by atoms with van der Waals surface area (Å²) >= 11 is 7.21. The number of hydrogen-bond donors (Lipinski definition) is 0. The molecule has 0 aromatic carbocycles. The minimum Gasteiger partial charge on any atom is -0.392 e. The minimum atomic E-state index is 0.0845. The number of carbonyl (C=O) groups excluding carboxylic acids is 1. The van der Waals surface area contributed by atoms with Gasteiger partial charge in [0.1, 0.15) is 6.10 Å².